The van der Waals surface area contributed by atoms with Gasteiger partial charge in [-0.3, -0.25) is 4.57 Å². The van der Waals surface area contributed by atoms with Crippen molar-refractivity contribution in [3.8, 4) is 17.1 Å². The Balaban J connectivity index is 1.73. The molecule has 4 nitrogen and oxygen atoms in total. The van der Waals surface area contributed by atoms with Crippen LogP contribution in [0.15, 0.2) is 53.7 Å². The van der Waals surface area contributed by atoms with Gasteiger partial charge in [-0.05, 0) is 49.9 Å². The maximum atomic E-state index is 5.77. The number of nitrogens with zero attached hydrogens (tertiary/aromatic N) is 3. The van der Waals surface area contributed by atoms with Crippen molar-refractivity contribution in [2.75, 3.05) is 12.4 Å². The normalized spacial score (nSPS) is 16.9. The molecule has 3 aromatic rings. The Labute approximate surface area is 158 Å². The molecule has 0 N–H and O–H groups in total. The predicted octanol–water partition coefficient (Wildman–Crippen LogP) is 4.82. The molecule has 1 atom stereocenters. The summed E-state index contributed by atoms with van der Waals surface area (Å²) in [5.41, 5.74) is 4.73. The van der Waals surface area contributed by atoms with Gasteiger partial charge in [0.1, 0.15) is 0 Å². The van der Waals surface area contributed by atoms with E-state index in [0.717, 1.165) is 47.4 Å². The van der Waals surface area contributed by atoms with E-state index in [1.165, 1.54) is 11.1 Å². The van der Waals surface area contributed by atoms with Gasteiger partial charge in [-0.15, -0.1) is 10.2 Å². The average molecular weight is 366 g/mol. The molecule has 0 saturated carbocycles. The van der Waals surface area contributed by atoms with Gasteiger partial charge in [0.25, 0.3) is 0 Å². The fourth-order valence-corrected chi connectivity index (χ4v) is 4.20. The quantitative estimate of drug-likeness (QED) is 0.608. The van der Waals surface area contributed by atoms with Crippen LogP contribution in [0.1, 0.15) is 24.0 Å². The number of hydrogen-bond donors (Lipinski definition) is 0. The van der Waals surface area contributed by atoms with E-state index in [0.29, 0.717) is 6.10 Å². The molecule has 0 unspecified atom stereocenters. The smallest absolute Gasteiger partial charge is 0.196 e. The maximum absolute atomic E-state index is 5.77. The number of hydrogen-bond acceptors (Lipinski definition) is 4. The minimum atomic E-state index is 0.324. The number of thioether (sulfide) groups is 1. The van der Waals surface area contributed by atoms with Crippen molar-refractivity contribution in [2.24, 2.45) is 0 Å². The molecular weight excluding hydrogens is 342 g/mol. The standard InChI is InChI=1S/C21H23N3OS/c1-15-10-11-18(13-16(15)2)24-20(17-7-4-3-5-8-17)22-23-21(24)26-14-19-9-6-12-25-19/h3-5,7-8,10-11,13,19H,6,9,12,14H2,1-2H3/t19-/m0/s1. The van der Waals surface area contributed by atoms with Gasteiger partial charge in [-0.25, -0.2) is 0 Å². The van der Waals surface area contributed by atoms with E-state index in [1.54, 1.807) is 11.8 Å². The molecule has 4 rings (SSSR count). The highest BCUT2D eigenvalue weighted by Gasteiger charge is 2.20. The fourth-order valence-electron chi connectivity index (χ4n) is 3.18. The topological polar surface area (TPSA) is 39.9 Å². The van der Waals surface area contributed by atoms with E-state index in [9.17, 15) is 0 Å². The zero-order valence-corrected chi connectivity index (χ0v) is 16.0. The number of rotatable bonds is 5. The van der Waals surface area contributed by atoms with E-state index in [-0.39, 0.29) is 0 Å². The predicted molar refractivity (Wildman–Crippen MR) is 106 cm³/mol. The van der Waals surface area contributed by atoms with Crippen LogP contribution < -0.4 is 0 Å². The van der Waals surface area contributed by atoms with Gasteiger partial charge in [0.2, 0.25) is 0 Å². The maximum Gasteiger partial charge on any atom is 0.196 e. The Morgan fingerprint density at radius 2 is 1.92 bits per heavy atom. The van der Waals surface area contributed by atoms with Crippen LogP contribution in [-0.4, -0.2) is 33.2 Å². The average Bonchev–Trinajstić information content (AvgIpc) is 3.32. The highest BCUT2D eigenvalue weighted by molar-refractivity contribution is 7.99. The number of ether oxygens (including phenoxy) is 1. The second kappa shape index (κ2) is 7.64. The zero-order chi connectivity index (χ0) is 17.9. The van der Waals surface area contributed by atoms with Crippen molar-refractivity contribution in [3.05, 3.63) is 59.7 Å². The Morgan fingerprint density at radius 1 is 1.08 bits per heavy atom. The summed E-state index contributed by atoms with van der Waals surface area (Å²) in [4.78, 5) is 0. The summed E-state index contributed by atoms with van der Waals surface area (Å²) in [6.07, 6.45) is 2.62. The second-order valence-corrected chi connectivity index (χ2v) is 7.71. The summed E-state index contributed by atoms with van der Waals surface area (Å²) in [5.74, 6) is 1.79. The van der Waals surface area contributed by atoms with Crippen molar-refractivity contribution in [1.82, 2.24) is 14.8 Å². The lowest BCUT2D eigenvalue weighted by Crippen LogP contribution is -2.09. The monoisotopic (exact) mass is 365 g/mol. The number of aromatic nitrogens is 3. The van der Waals surface area contributed by atoms with Crippen LogP contribution in [0.5, 0.6) is 0 Å². The Hall–Kier alpha value is -2.11. The third-order valence-electron chi connectivity index (χ3n) is 4.84. The third-order valence-corrected chi connectivity index (χ3v) is 5.90. The lowest BCUT2D eigenvalue weighted by atomic mass is 10.1. The number of benzene rings is 2. The van der Waals surface area contributed by atoms with Crippen molar-refractivity contribution in [3.63, 3.8) is 0 Å². The molecule has 0 bridgehead atoms. The minimum absolute atomic E-state index is 0.324. The van der Waals surface area contributed by atoms with E-state index in [2.05, 4.69) is 58.9 Å². The lowest BCUT2D eigenvalue weighted by molar-refractivity contribution is 0.129. The van der Waals surface area contributed by atoms with Crippen molar-refractivity contribution >= 4 is 11.8 Å². The highest BCUT2D eigenvalue weighted by atomic mass is 32.2. The first kappa shape index (κ1) is 17.3. The molecule has 1 aromatic heterocycles. The summed E-state index contributed by atoms with van der Waals surface area (Å²) in [5, 5.41) is 9.93. The fraction of sp³-hybridized carbons (Fsp3) is 0.333. The van der Waals surface area contributed by atoms with Gasteiger partial charge in [0, 0.05) is 17.9 Å². The van der Waals surface area contributed by atoms with Gasteiger partial charge in [-0.2, -0.15) is 0 Å². The van der Waals surface area contributed by atoms with Gasteiger partial charge in [0.05, 0.1) is 11.8 Å². The molecule has 134 valence electrons. The van der Waals surface area contributed by atoms with E-state index in [4.69, 9.17) is 4.74 Å². The number of aryl methyl sites for hydroxylation is 2. The van der Waals surface area contributed by atoms with E-state index >= 15 is 0 Å². The Bertz CT molecular complexity index is 886. The molecule has 0 spiro atoms. The molecule has 1 saturated heterocycles. The molecule has 0 amide bonds. The summed E-state index contributed by atoms with van der Waals surface area (Å²) >= 11 is 1.73. The molecule has 2 heterocycles. The van der Waals surface area contributed by atoms with Crippen molar-refractivity contribution < 1.29 is 4.74 Å². The van der Waals surface area contributed by atoms with E-state index < -0.39 is 0 Å². The molecule has 5 heteroatoms. The van der Waals surface area contributed by atoms with Gasteiger partial charge in [0.15, 0.2) is 11.0 Å². The largest absolute Gasteiger partial charge is 0.377 e. The molecule has 2 aromatic carbocycles. The zero-order valence-electron chi connectivity index (χ0n) is 15.2. The summed E-state index contributed by atoms with van der Waals surface area (Å²) in [7, 11) is 0. The van der Waals surface area contributed by atoms with Crippen LogP contribution in [0, 0.1) is 13.8 Å². The summed E-state index contributed by atoms with van der Waals surface area (Å²) in [6, 6.07) is 16.8. The van der Waals surface area contributed by atoms with Crippen molar-refractivity contribution in [2.45, 2.75) is 37.9 Å². The molecule has 1 fully saturated rings. The van der Waals surface area contributed by atoms with Gasteiger partial charge in [-0.1, -0.05) is 48.2 Å². The van der Waals surface area contributed by atoms with Crippen LogP contribution in [0.4, 0.5) is 0 Å². The van der Waals surface area contributed by atoms with Crippen LogP contribution in [0.2, 0.25) is 0 Å². The van der Waals surface area contributed by atoms with Crippen molar-refractivity contribution in [1.29, 1.82) is 0 Å². The molecule has 0 radical (unpaired) electrons. The SMILES string of the molecule is Cc1ccc(-n2c(SC[C@@H]3CCCO3)nnc2-c2ccccc2)cc1C. The van der Waals surface area contributed by atoms with Crippen LogP contribution in [-0.2, 0) is 4.74 Å². The first-order valence-corrected chi connectivity index (χ1v) is 10.0. The van der Waals surface area contributed by atoms with Crippen LogP contribution in [0.25, 0.3) is 17.1 Å². The van der Waals surface area contributed by atoms with Gasteiger partial charge < -0.3 is 4.74 Å². The Kier molecular flexibility index (Phi) is 5.09. The van der Waals surface area contributed by atoms with Crippen LogP contribution >= 0.6 is 11.8 Å². The molecule has 0 aliphatic carbocycles. The van der Waals surface area contributed by atoms with Gasteiger partial charge >= 0.3 is 0 Å². The highest BCUT2D eigenvalue weighted by Crippen LogP contribution is 2.30. The summed E-state index contributed by atoms with van der Waals surface area (Å²) < 4.78 is 7.94. The molecule has 26 heavy (non-hydrogen) atoms. The summed E-state index contributed by atoms with van der Waals surface area (Å²) in [6.45, 7) is 5.16. The lowest BCUT2D eigenvalue weighted by Gasteiger charge is -2.13. The van der Waals surface area contributed by atoms with Crippen LogP contribution in [0.3, 0.4) is 0 Å². The molecule has 1 aliphatic rings. The first-order chi connectivity index (χ1) is 12.7. The minimum Gasteiger partial charge on any atom is -0.377 e. The van der Waals surface area contributed by atoms with E-state index in [1.807, 2.05) is 18.2 Å². The molecular formula is C21H23N3OS. The third kappa shape index (κ3) is 3.55. The molecule has 1 aliphatic heterocycles. The Morgan fingerprint density at radius 3 is 2.65 bits per heavy atom. The second-order valence-electron chi connectivity index (χ2n) is 6.72. The first-order valence-electron chi connectivity index (χ1n) is 9.05.